The number of hydrogen-bond acceptors (Lipinski definition) is 2. The summed E-state index contributed by atoms with van der Waals surface area (Å²) in [6, 6.07) is 10.8. The zero-order valence-electron chi connectivity index (χ0n) is 12.7. The van der Waals surface area contributed by atoms with Gasteiger partial charge in [0.15, 0.2) is 0 Å². The lowest BCUT2D eigenvalue weighted by molar-refractivity contribution is -0.127. The number of carbonyl (C=O) groups excluding carboxylic acids is 1. The van der Waals surface area contributed by atoms with E-state index < -0.39 is 0 Å². The molecule has 1 heterocycles. The number of piperidine rings is 1. The monoisotopic (exact) mass is 274 g/mol. The van der Waals surface area contributed by atoms with Crippen molar-refractivity contribution < 1.29 is 4.79 Å². The van der Waals surface area contributed by atoms with Crippen molar-refractivity contribution >= 4 is 5.91 Å². The number of benzene rings is 1. The predicted octanol–water partition coefficient (Wildman–Crippen LogP) is 2.89. The number of carbonyl (C=O) groups is 1. The first-order chi connectivity index (χ1) is 9.58. The Morgan fingerprint density at radius 3 is 2.60 bits per heavy atom. The molecule has 0 spiro atoms. The summed E-state index contributed by atoms with van der Waals surface area (Å²) in [6.45, 7) is 7.40. The first kappa shape index (κ1) is 15.0. The van der Waals surface area contributed by atoms with Crippen LogP contribution < -0.4 is 10.6 Å². The van der Waals surface area contributed by atoms with Crippen LogP contribution in [0.2, 0.25) is 0 Å². The molecule has 2 N–H and O–H groups in total. The zero-order valence-corrected chi connectivity index (χ0v) is 12.7. The van der Waals surface area contributed by atoms with E-state index in [-0.39, 0.29) is 17.9 Å². The maximum atomic E-state index is 12.5. The molecule has 1 saturated heterocycles. The minimum atomic E-state index is 0.105. The molecule has 3 atom stereocenters. The Bertz CT molecular complexity index is 430. The van der Waals surface area contributed by atoms with E-state index in [9.17, 15) is 4.79 Å². The third-order valence-electron chi connectivity index (χ3n) is 4.12. The number of rotatable bonds is 4. The van der Waals surface area contributed by atoms with Gasteiger partial charge in [-0.25, -0.2) is 0 Å². The van der Waals surface area contributed by atoms with Crippen LogP contribution in [-0.4, -0.2) is 18.5 Å². The van der Waals surface area contributed by atoms with Gasteiger partial charge in [0.05, 0.1) is 6.04 Å². The second-order valence-electron chi connectivity index (χ2n) is 6.22. The van der Waals surface area contributed by atoms with Crippen LogP contribution in [0.4, 0.5) is 0 Å². The molecular formula is C17H26N2O. The van der Waals surface area contributed by atoms with Crippen molar-refractivity contribution in [2.45, 2.75) is 45.7 Å². The summed E-state index contributed by atoms with van der Waals surface area (Å²) >= 11 is 0. The van der Waals surface area contributed by atoms with E-state index >= 15 is 0 Å². The molecule has 1 amide bonds. The molecular weight excluding hydrogens is 248 g/mol. The SMILES string of the molecule is CC1CC(C(=O)NC(c2ccccc2)C(C)C)CCN1. The van der Waals surface area contributed by atoms with Crippen molar-refractivity contribution in [1.82, 2.24) is 10.6 Å². The molecule has 1 aliphatic rings. The first-order valence-electron chi connectivity index (χ1n) is 7.66. The molecule has 110 valence electrons. The Morgan fingerprint density at radius 1 is 1.30 bits per heavy atom. The number of hydrogen-bond donors (Lipinski definition) is 2. The highest BCUT2D eigenvalue weighted by atomic mass is 16.1. The fourth-order valence-electron chi connectivity index (χ4n) is 2.94. The molecule has 0 aliphatic carbocycles. The standard InChI is InChI=1S/C17H26N2O/c1-12(2)16(14-7-5-4-6-8-14)19-17(20)15-9-10-18-13(3)11-15/h4-8,12-13,15-16,18H,9-11H2,1-3H3,(H,19,20). The molecule has 0 radical (unpaired) electrons. The number of nitrogens with one attached hydrogen (secondary N) is 2. The summed E-state index contributed by atoms with van der Waals surface area (Å²) in [5, 5.41) is 6.65. The van der Waals surface area contributed by atoms with Gasteiger partial charge in [0, 0.05) is 12.0 Å². The van der Waals surface area contributed by atoms with E-state index in [1.807, 2.05) is 18.2 Å². The Labute approximate surface area is 122 Å². The van der Waals surface area contributed by atoms with Crippen molar-refractivity contribution in [3.63, 3.8) is 0 Å². The maximum absolute atomic E-state index is 12.5. The first-order valence-corrected chi connectivity index (χ1v) is 7.66. The van der Waals surface area contributed by atoms with Gasteiger partial charge < -0.3 is 10.6 Å². The van der Waals surface area contributed by atoms with Gasteiger partial charge >= 0.3 is 0 Å². The summed E-state index contributed by atoms with van der Waals surface area (Å²) < 4.78 is 0. The molecule has 2 rings (SSSR count). The fraction of sp³-hybridized carbons (Fsp3) is 0.588. The second-order valence-corrected chi connectivity index (χ2v) is 6.22. The van der Waals surface area contributed by atoms with Crippen LogP contribution in [0.1, 0.15) is 45.2 Å². The topological polar surface area (TPSA) is 41.1 Å². The Morgan fingerprint density at radius 2 is 2.00 bits per heavy atom. The summed E-state index contributed by atoms with van der Waals surface area (Å²) in [6.07, 6.45) is 1.88. The van der Waals surface area contributed by atoms with Crippen molar-refractivity contribution in [2.75, 3.05) is 6.54 Å². The van der Waals surface area contributed by atoms with Crippen molar-refractivity contribution in [3.8, 4) is 0 Å². The molecule has 0 saturated carbocycles. The highest BCUT2D eigenvalue weighted by molar-refractivity contribution is 5.79. The summed E-state index contributed by atoms with van der Waals surface area (Å²) in [5.74, 6) is 0.748. The fourth-order valence-corrected chi connectivity index (χ4v) is 2.94. The molecule has 1 aliphatic heterocycles. The smallest absolute Gasteiger partial charge is 0.223 e. The molecule has 0 aromatic heterocycles. The van der Waals surface area contributed by atoms with E-state index in [1.54, 1.807) is 0 Å². The average Bonchev–Trinajstić information content (AvgIpc) is 2.45. The summed E-state index contributed by atoms with van der Waals surface area (Å²) in [5.41, 5.74) is 1.19. The molecule has 3 heteroatoms. The van der Waals surface area contributed by atoms with Crippen LogP contribution in [0.15, 0.2) is 30.3 Å². The minimum Gasteiger partial charge on any atom is -0.349 e. The molecule has 1 aromatic rings. The zero-order chi connectivity index (χ0) is 14.5. The average molecular weight is 274 g/mol. The van der Waals surface area contributed by atoms with Gasteiger partial charge in [-0.1, -0.05) is 44.2 Å². The lowest BCUT2D eigenvalue weighted by atomic mass is 9.90. The second kappa shape index (κ2) is 6.89. The molecule has 1 fully saturated rings. The Hall–Kier alpha value is -1.35. The molecule has 1 aromatic carbocycles. The van der Waals surface area contributed by atoms with Gasteiger partial charge in [-0.15, -0.1) is 0 Å². The highest BCUT2D eigenvalue weighted by Crippen LogP contribution is 2.24. The van der Waals surface area contributed by atoms with Crippen molar-refractivity contribution in [2.24, 2.45) is 11.8 Å². The van der Waals surface area contributed by atoms with Crippen LogP contribution >= 0.6 is 0 Å². The maximum Gasteiger partial charge on any atom is 0.223 e. The van der Waals surface area contributed by atoms with Gasteiger partial charge in [-0.05, 0) is 37.8 Å². The van der Waals surface area contributed by atoms with E-state index in [0.717, 1.165) is 19.4 Å². The lowest BCUT2D eigenvalue weighted by Gasteiger charge is -2.30. The van der Waals surface area contributed by atoms with E-state index in [0.29, 0.717) is 12.0 Å². The highest BCUT2D eigenvalue weighted by Gasteiger charge is 2.27. The normalized spacial score (nSPS) is 24.4. The van der Waals surface area contributed by atoms with Gasteiger partial charge in [-0.2, -0.15) is 0 Å². The third kappa shape index (κ3) is 3.83. The van der Waals surface area contributed by atoms with Crippen molar-refractivity contribution in [3.05, 3.63) is 35.9 Å². The Balaban J connectivity index is 2.03. The van der Waals surface area contributed by atoms with E-state index in [2.05, 4.69) is 43.5 Å². The molecule has 3 nitrogen and oxygen atoms in total. The van der Waals surface area contributed by atoms with Crippen LogP contribution in [0.25, 0.3) is 0 Å². The lowest BCUT2D eigenvalue weighted by Crippen LogP contribution is -2.44. The largest absolute Gasteiger partial charge is 0.349 e. The predicted molar refractivity (Wildman–Crippen MR) is 82.4 cm³/mol. The molecule has 3 unspecified atom stereocenters. The van der Waals surface area contributed by atoms with E-state index in [1.165, 1.54) is 5.56 Å². The molecule has 0 bridgehead atoms. The van der Waals surface area contributed by atoms with Gasteiger partial charge in [-0.3, -0.25) is 4.79 Å². The van der Waals surface area contributed by atoms with Gasteiger partial charge in [0.25, 0.3) is 0 Å². The number of amides is 1. The van der Waals surface area contributed by atoms with Crippen LogP contribution in [0.3, 0.4) is 0 Å². The summed E-state index contributed by atoms with van der Waals surface area (Å²) in [7, 11) is 0. The molecule has 20 heavy (non-hydrogen) atoms. The minimum absolute atomic E-state index is 0.105. The van der Waals surface area contributed by atoms with E-state index in [4.69, 9.17) is 0 Å². The van der Waals surface area contributed by atoms with Crippen molar-refractivity contribution in [1.29, 1.82) is 0 Å². The van der Waals surface area contributed by atoms with Crippen LogP contribution in [-0.2, 0) is 4.79 Å². The van der Waals surface area contributed by atoms with Gasteiger partial charge in [0.2, 0.25) is 5.91 Å². The quantitative estimate of drug-likeness (QED) is 0.886. The van der Waals surface area contributed by atoms with Crippen LogP contribution in [0.5, 0.6) is 0 Å². The van der Waals surface area contributed by atoms with Gasteiger partial charge in [0.1, 0.15) is 0 Å². The Kier molecular flexibility index (Phi) is 5.18. The third-order valence-corrected chi connectivity index (χ3v) is 4.12. The van der Waals surface area contributed by atoms with Crippen LogP contribution in [0, 0.1) is 11.8 Å². The summed E-state index contributed by atoms with van der Waals surface area (Å²) in [4.78, 5) is 12.5.